The maximum absolute atomic E-state index is 13.5. The van der Waals surface area contributed by atoms with Crippen LogP contribution in [0.2, 0.25) is 0 Å². The maximum atomic E-state index is 13.5. The molecule has 0 fully saturated rings. The van der Waals surface area contributed by atoms with Crippen LogP contribution in [0, 0.1) is 34.9 Å². The Hall–Kier alpha value is -1.57. The van der Waals surface area contributed by atoms with E-state index in [0.717, 1.165) is 0 Å². The molecule has 2 aromatic rings. The molecule has 2 aromatic carbocycles. The lowest BCUT2D eigenvalue weighted by atomic mass is 10.0. The Labute approximate surface area is 110 Å². The molecule has 100 valence electrons. The molecule has 0 spiro atoms. The van der Waals surface area contributed by atoms with E-state index >= 15 is 0 Å². The molecule has 0 aliphatic rings. The molecule has 0 heterocycles. The van der Waals surface area contributed by atoms with Crippen molar-refractivity contribution in [3.05, 3.63) is 44.9 Å². The Morgan fingerprint density at radius 2 is 1.11 bits per heavy atom. The largest absolute Gasteiger partial charge is 0.298 e. The summed E-state index contributed by atoms with van der Waals surface area (Å²) in [6.45, 7) is 0. The minimum Gasteiger partial charge on any atom is -0.298 e. The molecule has 0 bridgehead atoms. The predicted octanol–water partition coefficient (Wildman–Crippen LogP) is 4.25. The van der Waals surface area contributed by atoms with Gasteiger partial charge in [0.2, 0.25) is 0 Å². The zero-order chi connectivity index (χ0) is 14.5. The molecule has 19 heavy (non-hydrogen) atoms. The summed E-state index contributed by atoms with van der Waals surface area (Å²) in [5.74, 6) is -12.2. The standard InChI is InChI=1S/C11HBrF6O/c12-5-2(1-19)6(13)8(15)4-3(5)7(14)10(17)11(18)9(4)16/h1H. The lowest BCUT2D eigenvalue weighted by molar-refractivity contribution is 0.111. The fraction of sp³-hybridized carbons (Fsp3) is 0. The summed E-state index contributed by atoms with van der Waals surface area (Å²) in [5, 5.41) is -2.50. The van der Waals surface area contributed by atoms with Crippen LogP contribution in [0.15, 0.2) is 4.47 Å². The molecule has 0 radical (unpaired) electrons. The topological polar surface area (TPSA) is 17.1 Å². The van der Waals surface area contributed by atoms with E-state index in [1.54, 1.807) is 0 Å². The average Bonchev–Trinajstić information content (AvgIpc) is 2.38. The van der Waals surface area contributed by atoms with Crippen LogP contribution in [0.1, 0.15) is 10.4 Å². The molecule has 0 aliphatic carbocycles. The van der Waals surface area contributed by atoms with Crippen LogP contribution in [0.25, 0.3) is 10.8 Å². The van der Waals surface area contributed by atoms with Gasteiger partial charge in [-0.25, -0.2) is 26.3 Å². The highest BCUT2D eigenvalue weighted by Gasteiger charge is 2.28. The summed E-state index contributed by atoms with van der Waals surface area (Å²) in [6.07, 6.45) is -0.166. The summed E-state index contributed by atoms with van der Waals surface area (Å²) < 4.78 is 79.2. The van der Waals surface area contributed by atoms with E-state index in [1.807, 2.05) is 0 Å². The fourth-order valence-corrected chi connectivity index (χ4v) is 2.25. The molecule has 0 saturated carbocycles. The molecule has 0 aliphatic heterocycles. The number of carbonyl (C=O) groups excluding carboxylic acids is 1. The highest BCUT2D eigenvalue weighted by Crippen LogP contribution is 2.37. The van der Waals surface area contributed by atoms with Crippen LogP contribution < -0.4 is 0 Å². The molecule has 0 aromatic heterocycles. The van der Waals surface area contributed by atoms with Crippen molar-refractivity contribution >= 4 is 33.0 Å². The van der Waals surface area contributed by atoms with E-state index in [1.165, 1.54) is 0 Å². The lowest BCUT2D eigenvalue weighted by Crippen LogP contribution is -2.05. The van der Waals surface area contributed by atoms with Crippen LogP contribution >= 0.6 is 15.9 Å². The van der Waals surface area contributed by atoms with Crippen molar-refractivity contribution in [3.63, 3.8) is 0 Å². The summed E-state index contributed by atoms with van der Waals surface area (Å²) in [7, 11) is 0. The van der Waals surface area contributed by atoms with E-state index in [9.17, 15) is 31.1 Å². The first-order valence-electron chi connectivity index (χ1n) is 4.60. The van der Waals surface area contributed by atoms with Crippen LogP contribution in [-0.4, -0.2) is 6.29 Å². The van der Waals surface area contributed by atoms with Crippen LogP contribution in [0.4, 0.5) is 26.3 Å². The second-order valence-corrected chi connectivity index (χ2v) is 4.27. The zero-order valence-corrected chi connectivity index (χ0v) is 10.2. The van der Waals surface area contributed by atoms with Crippen molar-refractivity contribution in [1.82, 2.24) is 0 Å². The second kappa shape index (κ2) is 4.52. The molecule has 0 unspecified atom stereocenters. The summed E-state index contributed by atoms with van der Waals surface area (Å²) >= 11 is 2.54. The van der Waals surface area contributed by atoms with Gasteiger partial charge in [0.25, 0.3) is 0 Å². The Balaban J connectivity index is 3.22. The summed E-state index contributed by atoms with van der Waals surface area (Å²) in [5.41, 5.74) is -0.964. The van der Waals surface area contributed by atoms with Gasteiger partial charge in [0.05, 0.1) is 10.9 Å². The average molecular weight is 343 g/mol. The van der Waals surface area contributed by atoms with Crippen LogP contribution in [-0.2, 0) is 0 Å². The van der Waals surface area contributed by atoms with Gasteiger partial charge in [-0.2, -0.15) is 0 Å². The molecule has 0 N–H and O–H groups in total. The van der Waals surface area contributed by atoms with Gasteiger partial charge < -0.3 is 0 Å². The van der Waals surface area contributed by atoms with Gasteiger partial charge in [0.1, 0.15) is 0 Å². The van der Waals surface area contributed by atoms with E-state index in [2.05, 4.69) is 15.9 Å². The van der Waals surface area contributed by atoms with Crippen molar-refractivity contribution in [2.75, 3.05) is 0 Å². The molecular formula is C11HBrF6O. The number of halogens is 7. The molecule has 0 amide bonds. The normalized spacial score (nSPS) is 11.1. The Morgan fingerprint density at radius 1 is 0.684 bits per heavy atom. The second-order valence-electron chi connectivity index (χ2n) is 3.48. The Kier molecular flexibility index (Phi) is 3.29. The van der Waals surface area contributed by atoms with Crippen molar-refractivity contribution in [2.24, 2.45) is 0 Å². The summed E-state index contributed by atoms with van der Waals surface area (Å²) in [4.78, 5) is 10.6. The minimum atomic E-state index is -2.27. The fourth-order valence-electron chi connectivity index (χ4n) is 1.61. The molecular weight excluding hydrogens is 342 g/mol. The van der Waals surface area contributed by atoms with Gasteiger partial charge in [0.15, 0.2) is 41.2 Å². The lowest BCUT2D eigenvalue weighted by Gasteiger charge is -2.10. The van der Waals surface area contributed by atoms with Gasteiger partial charge in [0, 0.05) is 9.86 Å². The van der Waals surface area contributed by atoms with E-state index in [0.29, 0.717) is 0 Å². The monoisotopic (exact) mass is 342 g/mol. The minimum absolute atomic E-state index is 0.166. The SMILES string of the molecule is O=Cc1c(F)c(F)c2c(F)c(F)c(F)c(F)c2c1Br. The highest BCUT2D eigenvalue weighted by atomic mass is 79.9. The maximum Gasteiger partial charge on any atom is 0.198 e. The number of rotatable bonds is 1. The van der Waals surface area contributed by atoms with Crippen molar-refractivity contribution in [1.29, 1.82) is 0 Å². The Morgan fingerprint density at radius 3 is 1.58 bits per heavy atom. The number of benzene rings is 2. The van der Waals surface area contributed by atoms with E-state index < -0.39 is 55.7 Å². The number of fused-ring (bicyclic) bond motifs is 1. The van der Waals surface area contributed by atoms with Gasteiger partial charge >= 0.3 is 0 Å². The Bertz CT molecular complexity index is 728. The summed E-state index contributed by atoms with van der Waals surface area (Å²) in [6, 6.07) is 0. The number of hydrogen-bond acceptors (Lipinski definition) is 1. The third-order valence-corrected chi connectivity index (χ3v) is 3.31. The van der Waals surface area contributed by atoms with Gasteiger partial charge in [-0.1, -0.05) is 0 Å². The third kappa shape index (κ3) is 1.73. The first-order valence-corrected chi connectivity index (χ1v) is 5.39. The van der Waals surface area contributed by atoms with Crippen LogP contribution in [0.3, 0.4) is 0 Å². The van der Waals surface area contributed by atoms with Crippen molar-refractivity contribution in [2.45, 2.75) is 0 Å². The molecule has 2 rings (SSSR count). The number of hydrogen-bond donors (Lipinski definition) is 0. The molecule has 0 saturated heterocycles. The number of carbonyl (C=O) groups is 1. The number of aldehydes is 1. The zero-order valence-electron chi connectivity index (χ0n) is 8.63. The van der Waals surface area contributed by atoms with Crippen molar-refractivity contribution in [3.8, 4) is 0 Å². The van der Waals surface area contributed by atoms with Gasteiger partial charge in [-0.05, 0) is 15.9 Å². The highest BCUT2D eigenvalue weighted by molar-refractivity contribution is 9.10. The first kappa shape index (κ1) is 13.9. The molecule has 1 nitrogen and oxygen atoms in total. The van der Waals surface area contributed by atoms with Crippen molar-refractivity contribution < 1.29 is 31.1 Å². The predicted molar refractivity (Wildman–Crippen MR) is 56.8 cm³/mol. The van der Waals surface area contributed by atoms with E-state index in [4.69, 9.17) is 0 Å². The first-order chi connectivity index (χ1) is 8.82. The van der Waals surface area contributed by atoms with Gasteiger partial charge in [-0.15, -0.1) is 0 Å². The smallest absolute Gasteiger partial charge is 0.198 e. The van der Waals surface area contributed by atoms with Crippen LogP contribution in [0.5, 0.6) is 0 Å². The van der Waals surface area contributed by atoms with Gasteiger partial charge in [-0.3, -0.25) is 4.79 Å². The molecule has 0 atom stereocenters. The third-order valence-electron chi connectivity index (χ3n) is 2.49. The quantitative estimate of drug-likeness (QED) is 0.328. The molecule has 8 heteroatoms. The van der Waals surface area contributed by atoms with E-state index in [-0.39, 0.29) is 6.29 Å².